The smallest absolute Gasteiger partial charge is 0.262 e. The Bertz CT molecular complexity index is 971. The number of aryl methyl sites for hydroxylation is 2. The van der Waals surface area contributed by atoms with Gasteiger partial charge in [-0.2, -0.15) is 0 Å². The molecule has 1 heterocycles. The molecule has 0 saturated carbocycles. The number of hydrogen-bond acceptors (Lipinski definition) is 4. The highest BCUT2D eigenvalue weighted by molar-refractivity contribution is 7.92. The second-order valence-electron chi connectivity index (χ2n) is 7.59. The SMILES string of the molecule is CCN1CCCC1CNC(=O)c1ccc(NS(=O)(=O)c2cc(C)ccc2C)cc1. The molecule has 0 aliphatic carbocycles. The van der Waals surface area contributed by atoms with Crippen molar-refractivity contribution in [2.24, 2.45) is 0 Å². The predicted octanol–water partition coefficient (Wildman–Crippen LogP) is 3.32. The van der Waals surface area contributed by atoms with Crippen LogP contribution in [-0.2, 0) is 10.0 Å². The topological polar surface area (TPSA) is 78.5 Å². The number of carbonyl (C=O) groups excluding carboxylic acids is 1. The van der Waals surface area contributed by atoms with Crippen LogP contribution in [-0.4, -0.2) is 44.9 Å². The van der Waals surface area contributed by atoms with Crippen molar-refractivity contribution in [2.45, 2.75) is 44.6 Å². The molecule has 2 aromatic rings. The molecular weight excluding hydrogens is 386 g/mol. The summed E-state index contributed by atoms with van der Waals surface area (Å²) in [4.78, 5) is 15.1. The van der Waals surface area contributed by atoms with Gasteiger partial charge in [0.15, 0.2) is 0 Å². The van der Waals surface area contributed by atoms with Crippen molar-refractivity contribution in [1.29, 1.82) is 0 Å². The van der Waals surface area contributed by atoms with Gasteiger partial charge in [0.25, 0.3) is 15.9 Å². The molecule has 7 heteroatoms. The van der Waals surface area contributed by atoms with Gasteiger partial charge in [0.05, 0.1) is 4.90 Å². The van der Waals surface area contributed by atoms with Crippen LogP contribution in [0.2, 0.25) is 0 Å². The minimum atomic E-state index is -3.69. The Balaban J connectivity index is 1.63. The van der Waals surface area contributed by atoms with Crippen molar-refractivity contribution in [1.82, 2.24) is 10.2 Å². The maximum Gasteiger partial charge on any atom is 0.262 e. The predicted molar refractivity (Wildman–Crippen MR) is 116 cm³/mol. The highest BCUT2D eigenvalue weighted by Gasteiger charge is 2.23. The number of likely N-dealkylation sites (tertiary alicyclic amines) is 1. The molecule has 1 amide bonds. The number of carbonyl (C=O) groups is 1. The molecular formula is C22H29N3O3S. The molecule has 1 aliphatic rings. The van der Waals surface area contributed by atoms with Crippen LogP contribution < -0.4 is 10.0 Å². The number of amides is 1. The van der Waals surface area contributed by atoms with E-state index in [2.05, 4.69) is 21.9 Å². The Morgan fingerprint density at radius 1 is 1.14 bits per heavy atom. The Kier molecular flexibility index (Phi) is 6.59. The molecule has 0 aromatic heterocycles. The van der Waals surface area contributed by atoms with Crippen LogP contribution in [0.1, 0.15) is 41.3 Å². The molecule has 3 rings (SSSR count). The molecule has 0 radical (unpaired) electrons. The maximum absolute atomic E-state index is 12.7. The molecule has 29 heavy (non-hydrogen) atoms. The first-order valence-electron chi connectivity index (χ1n) is 10.0. The number of benzene rings is 2. The van der Waals surface area contributed by atoms with Crippen molar-refractivity contribution >= 4 is 21.6 Å². The molecule has 1 atom stereocenters. The van der Waals surface area contributed by atoms with Gasteiger partial charge in [-0.25, -0.2) is 8.42 Å². The monoisotopic (exact) mass is 415 g/mol. The van der Waals surface area contributed by atoms with Crippen LogP contribution in [0.15, 0.2) is 47.4 Å². The lowest BCUT2D eigenvalue weighted by Gasteiger charge is -2.22. The van der Waals surface area contributed by atoms with E-state index in [1.807, 2.05) is 13.0 Å². The normalized spacial score (nSPS) is 17.3. The Labute approximate surface area is 173 Å². The van der Waals surface area contributed by atoms with E-state index in [1.165, 1.54) is 6.42 Å². The maximum atomic E-state index is 12.7. The van der Waals surface area contributed by atoms with E-state index in [0.717, 1.165) is 25.1 Å². The number of hydrogen-bond donors (Lipinski definition) is 2. The molecule has 0 spiro atoms. The summed E-state index contributed by atoms with van der Waals surface area (Å²) in [6.45, 7) is 8.48. The molecule has 1 saturated heterocycles. The third kappa shape index (κ3) is 5.16. The van der Waals surface area contributed by atoms with Crippen molar-refractivity contribution in [3.63, 3.8) is 0 Å². The average Bonchev–Trinajstić information content (AvgIpc) is 3.15. The van der Waals surface area contributed by atoms with E-state index < -0.39 is 10.0 Å². The van der Waals surface area contributed by atoms with Crippen LogP contribution in [0.5, 0.6) is 0 Å². The number of rotatable bonds is 7. The van der Waals surface area contributed by atoms with Crippen LogP contribution in [0, 0.1) is 13.8 Å². The largest absolute Gasteiger partial charge is 0.350 e. The van der Waals surface area contributed by atoms with Crippen LogP contribution in [0.25, 0.3) is 0 Å². The lowest BCUT2D eigenvalue weighted by Crippen LogP contribution is -2.40. The summed E-state index contributed by atoms with van der Waals surface area (Å²) in [6.07, 6.45) is 2.27. The quantitative estimate of drug-likeness (QED) is 0.727. The number of nitrogens with one attached hydrogen (secondary N) is 2. The van der Waals surface area contributed by atoms with E-state index >= 15 is 0 Å². The van der Waals surface area contributed by atoms with E-state index in [-0.39, 0.29) is 10.8 Å². The first-order valence-corrected chi connectivity index (χ1v) is 11.5. The van der Waals surface area contributed by atoms with Crippen LogP contribution in [0.4, 0.5) is 5.69 Å². The molecule has 156 valence electrons. The van der Waals surface area contributed by atoms with Gasteiger partial charge in [0.2, 0.25) is 0 Å². The van der Waals surface area contributed by atoms with Gasteiger partial charge < -0.3 is 5.32 Å². The zero-order valence-electron chi connectivity index (χ0n) is 17.2. The summed E-state index contributed by atoms with van der Waals surface area (Å²) >= 11 is 0. The fourth-order valence-corrected chi connectivity index (χ4v) is 5.14. The van der Waals surface area contributed by atoms with Crippen molar-refractivity contribution < 1.29 is 13.2 Å². The Morgan fingerprint density at radius 2 is 1.86 bits per heavy atom. The third-order valence-corrected chi connectivity index (χ3v) is 6.96. The molecule has 1 unspecified atom stereocenters. The Hall–Kier alpha value is -2.38. The zero-order valence-corrected chi connectivity index (χ0v) is 18.1. The fraction of sp³-hybridized carbons (Fsp3) is 0.409. The summed E-state index contributed by atoms with van der Waals surface area (Å²) in [5.41, 5.74) is 2.51. The van der Waals surface area contributed by atoms with E-state index in [0.29, 0.717) is 29.4 Å². The number of likely N-dealkylation sites (N-methyl/N-ethyl adjacent to an activating group) is 1. The molecule has 0 bridgehead atoms. The molecule has 6 nitrogen and oxygen atoms in total. The first kappa shape index (κ1) is 21.3. The second kappa shape index (κ2) is 8.97. The van der Waals surface area contributed by atoms with Gasteiger partial charge in [-0.15, -0.1) is 0 Å². The fourth-order valence-electron chi connectivity index (χ4n) is 3.75. The number of sulfonamides is 1. The van der Waals surface area contributed by atoms with E-state index in [4.69, 9.17) is 0 Å². The van der Waals surface area contributed by atoms with Crippen molar-refractivity contribution in [3.05, 3.63) is 59.2 Å². The van der Waals surface area contributed by atoms with Crippen molar-refractivity contribution in [3.8, 4) is 0 Å². The van der Waals surface area contributed by atoms with Crippen LogP contribution >= 0.6 is 0 Å². The van der Waals surface area contributed by atoms with Gasteiger partial charge in [-0.1, -0.05) is 19.1 Å². The third-order valence-electron chi connectivity index (χ3n) is 5.44. The zero-order chi connectivity index (χ0) is 21.0. The highest BCUT2D eigenvalue weighted by Crippen LogP contribution is 2.21. The second-order valence-corrected chi connectivity index (χ2v) is 9.24. The minimum Gasteiger partial charge on any atom is -0.350 e. The molecule has 1 fully saturated rings. The van der Waals surface area contributed by atoms with Crippen LogP contribution in [0.3, 0.4) is 0 Å². The lowest BCUT2D eigenvalue weighted by molar-refractivity contribution is 0.0941. The Morgan fingerprint density at radius 3 is 2.55 bits per heavy atom. The number of nitrogens with zero attached hydrogens (tertiary/aromatic N) is 1. The van der Waals surface area contributed by atoms with Crippen molar-refractivity contribution in [2.75, 3.05) is 24.4 Å². The van der Waals surface area contributed by atoms with E-state index in [1.54, 1.807) is 43.3 Å². The summed E-state index contributed by atoms with van der Waals surface area (Å²) in [7, 11) is -3.69. The lowest BCUT2D eigenvalue weighted by atomic mass is 10.1. The van der Waals surface area contributed by atoms with E-state index in [9.17, 15) is 13.2 Å². The summed E-state index contributed by atoms with van der Waals surface area (Å²) < 4.78 is 28.0. The summed E-state index contributed by atoms with van der Waals surface area (Å²) in [6, 6.07) is 12.2. The molecule has 2 N–H and O–H groups in total. The molecule has 1 aliphatic heterocycles. The first-order chi connectivity index (χ1) is 13.8. The van der Waals surface area contributed by atoms with Gasteiger partial charge in [0.1, 0.15) is 0 Å². The van der Waals surface area contributed by atoms with Gasteiger partial charge >= 0.3 is 0 Å². The highest BCUT2D eigenvalue weighted by atomic mass is 32.2. The summed E-state index contributed by atoms with van der Waals surface area (Å²) in [5.74, 6) is -0.142. The standard InChI is InChI=1S/C22H29N3O3S/c1-4-25-13-5-6-20(25)15-23-22(26)18-9-11-19(12-10-18)24-29(27,28)21-14-16(2)7-8-17(21)3/h7-12,14,20,24H,4-6,13,15H2,1-3H3,(H,23,26). The minimum absolute atomic E-state index is 0.142. The average molecular weight is 416 g/mol. The van der Waals surface area contributed by atoms with Gasteiger partial charge in [0, 0.05) is 23.8 Å². The van der Waals surface area contributed by atoms with Gasteiger partial charge in [-0.05, 0) is 81.2 Å². The number of anilines is 1. The van der Waals surface area contributed by atoms with Gasteiger partial charge in [-0.3, -0.25) is 14.4 Å². The molecule has 2 aromatic carbocycles. The summed E-state index contributed by atoms with van der Waals surface area (Å²) in [5, 5.41) is 2.99.